The van der Waals surface area contributed by atoms with Gasteiger partial charge in [0.15, 0.2) is 5.82 Å². The molecule has 0 spiro atoms. The number of anilines is 3. The first-order valence-electron chi connectivity index (χ1n) is 8.12. The van der Waals surface area contributed by atoms with Crippen LogP contribution in [0, 0.1) is 5.92 Å². The van der Waals surface area contributed by atoms with Crippen molar-refractivity contribution in [3.63, 3.8) is 0 Å². The van der Waals surface area contributed by atoms with Gasteiger partial charge in [0.2, 0.25) is 5.95 Å². The van der Waals surface area contributed by atoms with Gasteiger partial charge in [-0.3, -0.25) is 0 Å². The highest BCUT2D eigenvalue weighted by Gasteiger charge is 2.28. The van der Waals surface area contributed by atoms with Gasteiger partial charge in [-0.1, -0.05) is 5.21 Å². The Hall–Kier alpha value is -2.68. The molecule has 0 bridgehead atoms. The molecule has 24 heavy (non-hydrogen) atoms. The van der Waals surface area contributed by atoms with Crippen LogP contribution in [-0.4, -0.2) is 47.7 Å². The first kappa shape index (κ1) is 14.9. The molecule has 1 aliphatic carbocycles. The van der Waals surface area contributed by atoms with Crippen LogP contribution in [0.3, 0.4) is 0 Å². The van der Waals surface area contributed by atoms with E-state index in [-0.39, 0.29) is 6.61 Å². The summed E-state index contributed by atoms with van der Waals surface area (Å²) in [5, 5.41) is 24.4. The lowest BCUT2D eigenvalue weighted by atomic mass is 10.2. The van der Waals surface area contributed by atoms with Crippen molar-refractivity contribution in [2.24, 2.45) is 5.92 Å². The van der Waals surface area contributed by atoms with Crippen molar-refractivity contribution in [2.75, 3.05) is 17.2 Å². The van der Waals surface area contributed by atoms with Crippen LogP contribution in [0.4, 0.5) is 17.6 Å². The molecule has 1 saturated carbocycles. The zero-order valence-corrected chi connectivity index (χ0v) is 13.4. The van der Waals surface area contributed by atoms with Crippen LogP contribution in [-0.2, 0) is 6.54 Å². The van der Waals surface area contributed by atoms with Gasteiger partial charge >= 0.3 is 0 Å². The van der Waals surface area contributed by atoms with Crippen molar-refractivity contribution in [3.8, 4) is 0 Å². The summed E-state index contributed by atoms with van der Waals surface area (Å²) in [6.07, 6.45) is 6.11. The molecule has 0 amide bonds. The third-order valence-corrected chi connectivity index (χ3v) is 4.22. The summed E-state index contributed by atoms with van der Waals surface area (Å²) >= 11 is 0. The SMILES string of the molecule is C[C@H](Nc1nc(Nc2cn(CCO)nn2)nc2[nH]ccc12)C1CC1. The number of aromatic nitrogens is 6. The molecule has 0 aromatic carbocycles. The van der Waals surface area contributed by atoms with Gasteiger partial charge in [0.25, 0.3) is 0 Å². The zero-order valence-electron chi connectivity index (χ0n) is 13.4. The van der Waals surface area contributed by atoms with E-state index in [0.717, 1.165) is 22.8 Å². The molecule has 0 aliphatic heterocycles. The summed E-state index contributed by atoms with van der Waals surface area (Å²) in [7, 11) is 0. The number of nitrogens with one attached hydrogen (secondary N) is 3. The Bertz CT molecular complexity index is 837. The molecular weight excluding hydrogens is 308 g/mol. The van der Waals surface area contributed by atoms with Gasteiger partial charge in [0, 0.05) is 12.2 Å². The minimum absolute atomic E-state index is 0.0147. The van der Waals surface area contributed by atoms with E-state index < -0.39 is 0 Å². The minimum atomic E-state index is 0.0147. The van der Waals surface area contributed by atoms with Gasteiger partial charge in [-0.15, -0.1) is 5.10 Å². The van der Waals surface area contributed by atoms with Crippen molar-refractivity contribution < 1.29 is 5.11 Å². The number of aromatic amines is 1. The van der Waals surface area contributed by atoms with E-state index in [0.29, 0.717) is 24.4 Å². The lowest BCUT2D eigenvalue weighted by Gasteiger charge is -2.15. The summed E-state index contributed by atoms with van der Waals surface area (Å²) in [5.74, 6) is 2.52. The van der Waals surface area contributed by atoms with Gasteiger partial charge in [0.1, 0.15) is 11.5 Å². The number of H-pyrrole nitrogens is 1. The molecule has 0 radical (unpaired) electrons. The van der Waals surface area contributed by atoms with E-state index in [1.165, 1.54) is 12.8 Å². The molecule has 1 aliphatic rings. The summed E-state index contributed by atoms with van der Waals surface area (Å²) < 4.78 is 1.56. The van der Waals surface area contributed by atoms with E-state index in [2.05, 4.69) is 42.8 Å². The molecule has 0 unspecified atom stereocenters. The topological polar surface area (TPSA) is 117 Å². The van der Waals surface area contributed by atoms with Crippen LogP contribution in [0.1, 0.15) is 19.8 Å². The van der Waals surface area contributed by atoms with Crippen molar-refractivity contribution >= 4 is 28.6 Å². The number of hydrogen-bond donors (Lipinski definition) is 4. The standard InChI is InChI=1S/C15H20N8O/c1-9(10-2-3-10)17-14-11-4-5-16-13(11)19-15(20-14)18-12-8-23(6-7-24)22-21-12/h4-5,8-10,24H,2-3,6-7H2,1H3,(H3,16,17,18,19,20)/t9-/m0/s1. The van der Waals surface area contributed by atoms with Gasteiger partial charge < -0.3 is 20.7 Å². The van der Waals surface area contributed by atoms with E-state index in [4.69, 9.17) is 5.11 Å². The fraction of sp³-hybridized carbons (Fsp3) is 0.467. The fourth-order valence-corrected chi connectivity index (χ4v) is 2.72. The first-order valence-corrected chi connectivity index (χ1v) is 8.12. The molecule has 1 fully saturated rings. The van der Waals surface area contributed by atoms with E-state index in [1.54, 1.807) is 10.9 Å². The van der Waals surface area contributed by atoms with Crippen LogP contribution < -0.4 is 10.6 Å². The van der Waals surface area contributed by atoms with E-state index in [1.807, 2.05) is 12.3 Å². The molecule has 3 aromatic heterocycles. The number of aliphatic hydroxyl groups excluding tert-OH is 1. The van der Waals surface area contributed by atoms with Crippen LogP contribution in [0.2, 0.25) is 0 Å². The van der Waals surface area contributed by atoms with Crippen LogP contribution >= 0.6 is 0 Å². The molecule has 4 N–H and O–H groups in total. The van der Waals surface area contributed by atoms with Gasteiger partial charge in [0.05, 0.1) is 24.7 Å². The summed E-state index contributed by atoms with van der Waals surface area (Å²) in [5.41, 5.74) is 0.765. The summed E-state index contributed by atoms with van der Waals surface area (Å²) in [6.45, 7) is 2.60. The number of fused-ring (bicyclic) bond motifs is 1. The molecule has 126 valence electrons. The monoisotopic (exact) mass is 328 g/mol. The Morgan fingerprint density at radius 2 is 2.29 bits per heavy atom. The van der Waals surface area contributed by atoms with E-state index >= 15 is 0 Å². The number of aliphatic hydroxyl groups is 1. The Labute approximate surface area is 138 Å². The highest BCUT2D eigenvalue weighted by Crippen LogP contribution is 2.34. The molecular formula is C15H20N8O. The van der Waals surface area contributed by atoms with Crippen LogP contribution in [0.25, 0.3) is 11.0 Å². The third kappa shape index (κ3) is 3.02. The molecule has 0 saturated heterocycles. The lowest BCUT2D eigenvalue weighted by Crippen LogP contribution is -2.18. The Morgan fingerprint density at radius 3 is 3.08 bits per heavy atom. The molecule has 1 atom stereocenters. The third-order valence-electron chi connectivity index (χ3n) is 4.22. The number of hydrogen-bond acceptors (Lipinski definition) is 7. The maximum absolute atomic E-state index is 8.94. The smallest absolute Gasteiger partial charge is 0.232 e. The molecule has 3 heterocycles. The second kappa shape index (κ2) is 6.08. The van der Waals surface area contributed by atoms with Crippen LogP contribution in [0.5, 0.6) is 0 Å². The predicted octanol–water partition coefficient (Wildman–Crippen LogP) is 1.50. The largest absolute Gasteiger partial charge is 0.394 e. The highest BCUT2D eigenvalue weighted by molar-refractivity contribution is 5.88. The van der Waals surface area contributed by atoms with Gasteiger partial charge in [-0.2, -0.15) is 9.97 Å². The lowest BCUT2D eigenvalue weighted by molar-refractivity contribution is 0.268. The van der Waals surface area contributed by atoms with Crippen molar-refractivity contribution in [3.05, 3.63) is 18.5 Å². The van der Waals surface area contributed by atoms with Crippen molar-refractivity contribution in [1.29, 1.82) is 0 Å². The average Bonchev–Trinajstić information content (AvgIpc) is 3.16. The number of rotatable bonds is 7. The summed E-state index contributed by atoms with van der Waals surface area (Å²) in [4.78, 5) is 12.2. The minimum Gasteiger partial charge on any atom is -0.394 e. The Morgan fingerprint density at radius 1 is 1.42 bits per heavy atom. The Kier molecular flexibility index (Phi) is 3.77. The normalized spacial score (nSPS) is 15.6. The fourth-order valence-electron chi connectivity index (χ4n) is 2.72. The van der Waals surface area contributed by atoms with Gasteiger partial charge in [-0.25, -0.2) is 4.68 Å². The average molecular weight is 328 g/mol. The maximum atomic E-state index is 8.94. The summed E-state index contributed by atoms with van der Waals surface area (Å²) in [6, 6.07) is 2.36. The zero-order chi connectivity index (χ0) is 16.5. The quantitative estimate of drug-likeness (QED) is 0.519. The van der Waals surface area contributed by atoms with Crippen molar-refractivity contribution in [1.82, 2.24) is 29.9 Å². The molecule has 4 rings (SSSR count). The molecule has 9 nitrogen and oxygen atoms in total. The van der Waals surface area contributed by atoms with Crippen molar-refractivity contribution in [2.45, 2.75) is 32.4 Å². The predicted molar refractivity (Wildman–Crippen MR) is 90.1 cm³/mol. The van der Waals surface area contributed by atoms with E-state index in [9.17, 15) is 0 Å². The second-order valence-corrected chi connectivity index (χ2v) is 6.12. The maximum Gasteiger partial charge on any atom is 0.232 e. The molecule has 9 heteroatoms. The van der Waals surface area contributed by atoms with Gasteiger partial charge in [-0.05, 0) is 31.7 Å². The first-order chi connectivity index (χ1) is 11.7. The second-order valence-electron chi connectivity index (χ2n) is 6.12. The highest BCUT2D eigenvalue weighted by atomic mass is 16.3. The Balaban J connectivity index is 1.59. The van der Waals surface area contributed by atoms with Crippen LogP contribution in [0.15, 0.2) is 18.5 Å². The molecule has 3 aromatic rings. The number of nitrogens with zero attached hydrogens (tertiary/aromatic N) is 5.